The zero-order valence-electron chi connectivity index (χ0n) is 8.19. The molecule has 0 amide bonds. The van der Waals surface area contributed by atoms with Crippen LogP contribution in [0.15, 0.2) is 24.5 Å². The van der Waals surface area contributed by atoms with Gasteiger partial charge in [-0.05, 0) is 12.1 Å². The molecule has 2 rings (SSSR count). The van der Waals surface area contributed by atoms with Crippen molar-refractivity contribution in [2.24, 2.45) is 0 Å². The van der Waals surface area contributed by atoms with Gasteiger partial charge in [-0.3, -0.25) is 4.79 Å². The molecule has 0 unspecified atom stereocenters. The molecule has 0 atom stereocenters. The minimum Gasteiger partial charge on any atom is -0.287 e. The van der Waals surface area contributed by atoms with Crippen molar-refractivity contribution in [1.82, 2.24) is 15.0 Å². The molecule has 0 aliphatic heterocycles. The maximum Gasteiger partial charge on any atom is 0.217 e. The van der Waals surface area contributed by atoms with Gasteiger partial charge in [-0.15, -0.1) is 0 Å². The third-order valence-corrected chi connectivity index (χ3v) is 2.67. The maximum absolute atomic E-state index is 12.0. The van der Waals surface area contributed by atoms with Gasteiger partial charge in [-0.2, -0.15) is 0 Å². The van der Waals surface area contributed by atoms with E-state index in [0.717, 1.165) is 0 Å². The molecule has 0 N–H and O–H groups in total. The fourth-order valence-corrected chi connectivity index (χ4v) is 1.79. The molecule has 0 saturated carbocycles. The topological polar surface area (TPSA) is 55.7 Å². The van der Waals surface area contributed by atoms with Crippen molar-refractivity contribution in [3.05, 3.63) is 51.2 Å². The summed E-state index contributed by atoms with van der Waals surface area (Å²) in [5.41, 5.74) is 0.207. The molecule has 0 spiro atoms. The van der Waals surface area contributed by atoms with Crippen LogP contribution < -0.4 is 0 Å². The minimum atomic E-state index is -0.447. The van der Waals surface area contributed by atoms with E-state index in [1.807, 2.05) is 0 Å². The largest absolute Gasteiger partial charge is 0.287 e. The lowest BCUT2D eigenvalue weighted by molar-refractivity contribution is 0.103. The van der Waals surface area contributed by atoms with Crippen LogP contribution in [0.2, 0.25) is 15.5 Å². The van der Waals surface area contributed by atoms with Crippen molar-refractivity contribution in [2.45, 2.75) is 0 Å². The van der Waals surface area contributed by atoms with Crippen LogP contribution in [0.5, 0.6) is 0 Å². The molecule has 2 aromatic rings. The van der Waals surface area contributed by atoms with E-state index in [-0.39, 0.29) is 26.7 Å². The SMILES string of the molecule is O=C(c1cccnc1Cl)c1ncc(Cl)nc1Cl. The molecule has 4 nitrogen and oxygen atoms in total. The van der Waals surface area contributed by atoms with Gasteiger partial charge in [-0.25, -0.2) is 15.0 Å². The standard InChI is InChI=1S/C10H4Cl3N3O/c11-6-4-15-7(10(13)16-6)8(17)5-2-1-3-14-9(5)12/h1-4H. The van der Waals surface area contributed by atoms with Crippen molar-refractivity contribution in [3.63, 3.8) is 0 Å². The first-order valence-electron chi connectivity index (χ1n) is 4.43. The number of ketones is 1. The summed E-state index contributed by atoms with van der Waals surface area (Å²) in [6.07, 6.45) is 2.72. The van der Waals surface area contributed by atoms with E-state index in [4.69, 9.17) is 34.8 Å². The fourth-order valence-electron chi connectivity index (χ4n) is 1.18. The Kier molecular flexibility index (Phi) is 3.57. The van der Waals surface area contributed by atoms with Crippen molar-refractivity contribution in [1.29, 1.82) is 0 Å². The second-order valence-corrected chi connectivity index (χ2v) is 4.11. The average Bonchev–Trinajstić information content (AvgIpc) is 2.29. The van der Waals surface area contributed by atoms with Crippen molar-refractivity contribution in [3.8, 4) is 0 Å². The predicted molar refractivity (Wildman–Crippen MR) is 64.7 cm³/mol. The average molecular weight is 289 g/mol. The van der Waals surface area contributed by atoms with E-state index >= 15 is 0 Å². The third-order valence-electron chi connectivity index (χ3n) is 1.92. The summed E-state index contributed by atoms with van der Waals surface area (Å²) >= 11 is 17.2. The van der Waals surface area contributed by atoms with Gasteiger partial charge >= 0.3 is 0 Å². The highest BCUT2D eigenvalue weighted by atomic mass is 35.5. The first kappa shape index (κ1) is 12.2. The normalized spacial score (nSPS) is 10.3. The van der Waals surface area contributed by atoms with Crippen molar-refractivity contribution >= 4 is 40.6 Å². The van der Waals surface area contributed by atoms with Gasteiger partial charge in [0.05, 0.1) is 11.8 Å². The number of hydrogen-bond donors (Lipinski definition) is 0. The van der Waals surface area contributed by atoms with E-state index in [9.17, 15) is 4.79 Å². The van der Waals surface area contributed by atoms with Crippen LogP contribution >= 0.6 is 34.8 Å². The number of carbonyl (C=O) groups is 1. The Balaban J connectivity index is 2.48. The molecule has 17 heavy (non-hydrogen) atoms. The summed E-state index contributed by atoms with van der Waals surface area (Å²) in [6.45, 7) is 0. The first-order chi connectivity index (χ1) is 8.09. The zero-order chi connectivity index (χ0) is 12.4. The van der Waals surface area contributed by atoms with E-state index < -0.39 is 5.78 Å². The number of carbonyl (C=O) groups excluding carboxylic acids is 1. The molecule has 0 bridgehead atoms. The summed E-state index contributed by atoms with van der Waals surface area (Å²) in [7, 11) is 0. The highest BCUT2D eigenvalue weighted by molar-refractivity contribution is 6.37. The van der Waals surface area contributed by atoms with Gasteiger partial charge in [0.1, 0.15) is 16.0 Å². The Labute approximate surface area is 112 Å². The number of pyridine rings is 1. The molecular formula is C10H4Cl3N3O. The monoisotopic (exact) mass is 287 g/mol. The molecule has 0 aromatic carbocycles. The van der Waals surface area contributed by atoms with Crippen LogP contribution in [0.25, 0.3) is 0 Å². The number of rotatable bonds is 2. The van der Waals surface area contributed by atoms with Crippen LogP contribution in [0.3, 0.4) is 0 Å². The Bertz CT molecular complexity index is 589. The van der Waals surface area contributed by atoms with E-state index in [1.54, 1.807) is 6.07 Å². The number of aromatic nitrogens is 3. The number of hydrogen-bond acceptors (Lipinski definition) is 4. The van der Waals surface area contributed by atoms with Crippen LogP contribution in [0.1, 0.15) is 16.1 Å². The fraction of sp³-hybridized carbons (Fsp3) is 0. The molecule has 0 fully saturated rings. The van der Waals surface area contributed by atoms with E-state index in [1.165, 1.54) is 18.5 Å². The highest BCUT2D eigenvalue weighted by Crippen LogP contribution is 2.20. The predicted octanol–water partition coefficient (Wildman–Crippen LogP) is 3.06. The summed E-state index contributed by atoms with van der Waals surface area (Å²) in [6, 6.07) is 3.13. The van der Waals surface area contributed by atoms with E-state index in [0.29, 0.717) is 0 Å². The lowest BCUT2D eigenvalue weighted by Crippen LogP contribution is -2.07. The molecule has 86 valence electrons. The molecule has 0 aliphatic carbocycles. The Morgan fingerprint density at radius 3 is 2.53 bits per heavy atom. The molecular weight excluding hydrogens is 284 g/mol. The van der Waals surface area contributed by atoms with Crippen LogP contribution in [0.4, 0.5) is 0 Å². The van der Waals surface area contributed by atoms with Gasteiger partial charge < -0.3 is 0 Å². The van der Waals surface area contributed by atoms with Gasteiger partial charge in [-0.1, -0.05) is 34.8 Å². The smallest absolute Gasteiger partial charge is 0.217 e. The lowest BCUT2D eigenvalue weighted by atomic mass is 10.1. The van der Waals surface area contributed by atoms with Gasteiger partial charge in [0, 0.05) is 6.20 Å². The zero-order valence-corrected chi connectivity index (χ0v) is 10.5. The van der Waals surface area contributed by atoms with Gasteiger partial charge in [0.2, 0.25) is 5.78 Å². The molecule has 0 saturated heterocycles. The molecule has 0 aliphatic rings. The van der Waals surface area contributed by atoms with Crippen LogP contribution in [-0.2, 0) is 0 Å². The Morgan fingerprint density at radius 2 is 1.88 bits per heavy atom. The van der Waals surface area contributed by atoms with Crippen LogP contribution in [-0.4, -0.2) is 20.7 Å². The molecule has 2 heterocycles. The molecule has 2 aromatic heterocycles. The minimum absolute atomic E-state index is 0.00836. The molecule has 0 radical (unpaired) electrons. The number of nitrogens with zero attached hydrogens (tertiary/aromatic N) is 3. The van der Waals surface area contributed by atoms with Crippen molar-refractivity contribution in [2.75, 3.05) is 0 Å². The Hall–Kier alpha value is -1.23. The second kappa shape index (κ2) is 4.96. The summed E-state index contributed by atoms with van der Waals surface area (Å²) in [5, 5.41) is 0.136. The summed E-state index contributed by atoms with van der Waals surface area (Å²) in [4.78, 5) is 23.4. The van der Waals surface area contributed by atoms with Crippen LogP contribution in [0, 0.1) is 0 Å². The second-order valence-electron chi connectivity index (χ2n) is 3.00. The number of halogens is 3. The molecule has 7 heteroatoms. The summed E-state index contributed by atoms with van der Waals surface area (Å²) in [5.74, 6) is -0.447. The third kappa shape index (κ3) is 2.54. The van der Waals surface area contributed by atoms with E-state index in [2.05, 4.69) is 15.0 Å². The quantitative estimate of drug-likeness (QED) is 0.629. The van der Waals surface area contributed by atoms with Crippen molar-refractivity contribution < 1.29 is 4.79 Å². The summed E-state index contributed by atoms with van der Waals surface area (Å²) < 4.78 is 0. The highest BCUT2D eigenvalue weighted by Gasteiger charge is 2.18. The Morgan fingerprint density at radius 1 is 1.12 bits per heavy atom. The lowest BCUT2D eigenvalue weighted by Gasteiger charge is -2.03. The maximum atomic E-state index is 12.0. The van der Waals surface area contributed by atoms with Gasteiger partial charge in [0.15, 0.2) is 5.15 Å². The first-order valence-corrected chi connectivity index (χ1v) is 5.56. The van der Waals surface area contributed by atoms with Gasteiger partial charge in [0.25, 0.3) is 0 Å².